The first-order chi connectivity index (χ1) is 18.1. The maximum absolute atomic E-state index is 13.5. The average molecular weight is 490 g/mol. The standard InChI is InChI=1S/C29H19FN4O3/c30-18-5-9-20(10-6-18)34-17-24(27(35)22-3-1-2-4-25(22)34)29(36)33-19-7-11-21(12-8-19)37-26-14-16-32-28-23(26)13-15-31-28/h1-17H,(H,31,32)(H,33,36). The third-order valence-corrected chi connectivity index (χ3v) is 6.02. The van der Waals surface area contributed by atoms with Crippen LogP contribution in [0.5, 0.6) is 11.5 Å². The minimum Gasteiger partial charge on any atom is -0.457 e. The number of anilines is 1. The van der Waals surface area contributed by atoms with Crippen molar-refractivity contribution < 1.29 is 13.9 Å². The quantitative estimate of drug-likeness (QED) is 0.308. The second-order valence-electron chi connectivity index (χ2n) is 8.37. The zero-order chi connectivity index (χ0) is 25.4. The molecule has 0 aliphatic carbocycles. The number of pyridine rings is 2. The van der Waals surface area contributed by atoms with E-state index < -0.39 is 5.91 Å². The molecule has 3 aromatic carbocycles. The Hall–Kier alpha value is -5.24. The van der Waals surface area contributed by atoms with E-state index in [0.717, 1.165) is 11.0 Å². The zero-order valence-corrected chi connectivity index (χ0v) is 19.3. The number of rotatable bonds is 5. The number of nitrogens with one attached hydrogen (secondary N) is 2. The summed E-state index contributed by atoms with van der Waals surface area (Å²) in [5.41, 5.74) is 2.04. The molecule has 6 aromatic rings. The second-order valence-corrected chi connectivity index (χ2v) is 8.37. The predicted octanol–water partition coefficient (Wildman–Crippen LogP) is 6.05. The van der Waals surface area contributed by atoms with Crippen molar-refractivity contribution in [1.29, 1.82) is 0 Å². The molecule has 0 spiro atoms. The van der Waals surface area contributed by atoms with Crippen molar-refractivity contribution in [2.45, 2.75) is 0 Å². The summed E-state index contributed by atoms with van der Waals surface area (Å²) >= 11 is 0. The number of benzene rings is 3. The lowest BCUT2D eigenvalue weighted by Crippen LogP contribution is -2.23. The molecule has 0 radical (unpaired) electrons. The average Bonchev–Trinajstić information content (AvgIpc) is 3.41. The largest absolute Gasteiger partial charge is 0.457 e. The fourth-order valence-electron chi connectivity index (χ4n) is 4.21. The van der Waals surface area contributed by atoms with Gasteiger partial charge in [0.25, 0.3) is 5.91 Å². The molecule has 3 aromatic heterocycles. The van der Waals surface area contributed by atoms with Gasteiger partial charge in [0.2, 0.25) is 5.43 Å². The highest BCUT2D eigenvalue weighted by atomic mass is 19.1. The van der Waals surface area contributed by atoms with Gasteiger partial charge in [0.1, 0.15) is 28.5 Å². The van der Waals surface area contributed by atoms with Gasteiger partial charge in [-0.2, -0.15) is 0 Å². The van der Waals surface area contributed by atoms with Gasteiger partial charge in [0.05, 0.1) is 10.9 Å². The summed E-state index contributed by atoms with van der Waals surface area (Å²) < 4.78 is 21.2. The van der Waals surface area contributed by atoms with Crippen LogP contribution in [0, 0.1) is 5.82 Å². The van der Waals surface area contributed by atoms with Crippen LogP contribution in [0.3, 0.4) is 0 Å². The van der Waals surface area contributed by atoms with Crippen LogP contribution in [-0.4, -0.2) is 20.4 Å². The molecule has 8 heteroatoms. The van der Waals surface area contributed by atoms with E-state index in [9.17, 15) is 14.0 Å². The molecular weight excluding hydrogens is 471 g/mol. The molecule has 2 N–H and O–H groups in total. The van der Waals surface area contributed by atoms with Crippen molar-refractivity contribution in [2.75, 3.05) is 5.32 Å². The molecule has 3 heterocycles. The number of nitrogens with zero attached hydrogens (tertiary/aromatic N) is 2. The Labute approximate surface area is 209 Å². The summed E-state index contributed by atoms with van der Waals surface area (Å²) in [5.74, 6) is 0.306. The van der Waals surface area contributed by atoms with Gasteiger partial charge >= 0.3 is 0 Å². The monoisotopic (exact) mass is 490 g/mol. The Bertz CT molecular complexity index is 1820. The van der Waals surface area contributed by atoms with E-state index in [1.807, 2.05) is 6.07 Å². The Kier molecular flexibility index (Phi) is 5.46. The smallest absolute Gasteiger partial charge is 0.261 e. The molecular formula is C29H19FN4O3. The van der Waals surface area contributed by atoms with Crippen molar-refractivity contribution in [2.24, 2.45) is 0 Å². The number of H-pyrrole nitrogens is 1. The summed E-state index contributed by atoms with van der Waals surface area (Å²) in [6.45, 7) is 0. The van der Waals surface area contributed by atoms with Gasteiger partial charge in [-0.05, 0) is 72.8 Å². The van der Waals surface area contributed by atoms with E-state index in [0.29, 0.717) is 33.8 Å². The van der Waals surface area contributed by atoms with Crippen LogP contribution in [0.1, 0.15) is 10.4 Å². The van der Waals surface area contributed by atoms with Gasteiger partial charge < -0.3 is 19.6 Å². The Morgan fingerprint density at radius 1 is 0.919 bits per heavy atom. The third kappa shape index (κ3) is 4.21. The van der Waals surface area contributed by atoms with E-state index in [2.05, 4.69) is 15.3 Å². The zero-order valence-electron chi connectivity index (χ0n) is 19.3. The van der Waals surface area contributed by atoms with Crippen LogP contribution in [0.2, 0.25) is 0 Å². The number of carbonyl (C=O) groups is 1. The molecule has 6 rings (SSSR count). The topological polar surface area (TPSA) is 89.0 Å². The van der Waals surface area contributed by atoms with Crippen LogP contribution in [0.4, 0.5) is 10.1 Å². The molecule has 37 heavy (non-hydrogen) atoms. The lowest BCUT2D eigenvalue weighted by Gasteiger charge is -2.14. The Balaban J connectivity index is 1.29. The number of halogens is 1. The predicted molar refractivity (Wildman–Crippen MR) is 140 cm³/mol. The van der Waals surface area contributed by atoms with Gasteiger partial charge in [0, 0.05) is 35.4 Å². The lowest BCUT2D eigenvalue weighted by molar-refractivity contribution is 0.102. The van der Waals surface area contributed by atoms with Crippen LogP contribution >= 0.6 is 0 Å². The molecule has 0 aliphatic heterocycles. The minimum atomic E-state index is -0.552. The molecule has 0 atom stereocenters. The Morgan fingerprint density at radius 2 is 1.70 bits per heavy atom. The van der Waals surface area contributed by atoms with Crippen LogP contribution in [0.15, 0.2) is 108 Å². The van der Waals surface area contributed by atoms with Gasteiger partial charge in [-0.1, -0.05) is 12.1 Å². The number of hydrogen-bond donors (Lipinski definition) is 2. The first kappa shape index (κ1) is 22.2. The normalized spacial score (nSPS) is 11.1. The fourth-order valence-corrected chi connectivity index (χ4v) is 4.21. The number of ether oxygens (including phenoxy) is 1. The number of carbonyl (C=O) groups excluding carboxylic acids is 1. The van der Waals surface area contributed by atoms with Crippen LogP contribution in [0.25, 0.3) is 27.6 Å². The van der Waals surface area contributed by atoms with Crippen molar-refractivity contribution in [1.82, 2.24) is 14.5 Å². The van der Waals surface area contributed by atoms with Gasteiger partial charge in [-0.25, -0.2) is 9.37 Å². The number of fused-ring (bicyclic) bond motifs is 2. The number of hydrogen-bond acceptors (Lipinski definition) is 4. The van der Waals surface area contributed by atoms with Crippen LogP contribution < -0.4 is 15.5 Å². The summed E-state index contributed by atoms with van der Waals surface area (Å²) in [4.78, 5) is 33.7. The van der Waals surface area contributed by atoms with Crippen molar-refractivity contribution >= 4 is 33.5 Å². The lowest BCUT2D eigenvalue weighted by atomic mass is 10.1. The van der Waals surface area contributed by atoms with Crippen molar-refractivity contribution in [3.05, 3.63) is 125 Å². The molecule has 0 bridgehead atoms. The van der Waals surface area contributed by atoms with E-state index >= 15 is 0 Å². The first-order valence-corrected chi connectivity index (χ1v) is 11.5. The highest BCUT2D eigenvalue weighted by Gasteiger charge is 2.17. The molecule has 0 saturated heterocycles. The van der Waals surface area contributed by atoms with Gasteiger partial charge in [-0.15, -0.1) is 0 Å². The number of para-hydroxylation sites is 1. The van der Waals surface area contributed by atoms with Crippen molar-refractivity contribution in [3.63, 3.8) is 0 Å². The SMILES string of the molecule is O=C(Nc1ccc(Oc2ccnc3[nH]ccc23)cc1)c1cn(-c2ccc(F)cc2)c2ccccc2c1=O. The van der Waals surface area contributed by atoms with Gasteiger partial charge in [0.15, 0.2) is 0 Å². The summed E-state index contributed by atoms with van der Waals surface area (Å²) in [6, 6.07) is 23.4. The Morgan fingerprint density at radius 3 is 2.51 bits per heavy atom. The van der Waals surface area contributed by atoms with E-state index in [-0.39, 0.29) is 16.8 Å². The summed E-state index contributed by atoms with van der Waals surface area (Å²) in [6.07, 6.45) is 4.93. The van der Waals surface area contributed by atoms with Crippen molar-refractivity contribution in [3.8, 4) is 17.2 Å². The highest BCUT2D eigenvalue weighted by molar-refractivity contribution is 6.06. The molecule has 0 fully saturated rings. The van der Waals surface area contributed by atoms with E-state index in [4.69, 9.17) is 4.74 Å². The van der Waals surface area contributed by atoms with Crippen LogP contribution in [-0.2, 0) is 0 Å². The first-order valence-electron chi connectivity index (χ1n) is 11.5. The molecule has 0 aliphatic rings. The summed E-state index contributed by atoms with van der Waals surface area (Å²) in [5, 5.41) is 4.03. The maximum Gasteiger partial charge on any atom is 0.261 e. The third-order valence-electron chi connectivity index (χ3n) is 6.02. The number of aromatic amines is 1. The van der Waals surface area contributed by atoms with E-state index in [1.54, 1.807) is 83.7 Å². The molecule has 0 unspecified atom stereocenters. The fraction of sp³-hybridized carbons (Fsp3) is 0. The summed E-state index contributed by atoms with van der Waals surface area (Å²) in [7, 11) is 0. The molecule has 7 nitrogen and oxygen atoms in total. The second kappa shape index (κ2) is 9.09. The van der Waals surface area contributed by atoms with Gasteiger partial charge in [-0.3, -0.25) is 9.59 Å². The number of aromatic nitrogens is 3. The maximum atomic E-state index is 13.5. The molecule has 180 valence electrons. The minimum absolute atomic E-state index is 0.0324. The molecule has 1 amide bonds. The van der Waals surface area contributed by atoms with E-state index in [1.165, 1.54) is 18.3 Å². The molecule has 0 saturated carbocycles. The highest BCUT2D eigenvalue weighted by Crippen LogP contribution is 2.29. The number of amides is 1.